The largest absolute Gasteiger partial charge is 0.326 e. The van der Waals surface area contributed by atoms with Crippen LogP contribution in [0.2, 0.25) is 0 Å². The van der Waals surface area contributed by atoms with Gasteiger partial charge in [0.1, 0.15) is 0 Å². The van der Waals surface area contributed by atoms with Crippen LogP contribution in [0.5, 0.6) is 0 Å². The molecule has 0 bridgehead atoms. The maximum Gasteiger partial charge on any atom is 0.234 e. The average molecular weight is 435 g/mol. The number of carbonyl (C=O) groups is 3. The second-order valence-electron chi connectivity index (χ2n) is 6.45. The number of carbonyl (C=O) groups excluding carboxylic acids is 3. The van der Waals surface area contributed by atoms with Crippen molar-refractivity contribution >= 4 is 57.3 Å². The van der Waals surface area contributed by atoms with Gasteiger partial charge in [0.15, 0.2) is 5.13 Å². The minimum Gasteiger partial charge on any atom is -0.326 e. The molecule has 156 valence electrons. The molecule has 0 spiro atoms. The molecule has 3 N–H and O–H groups in total. The molecule has 0 atom stereocenters. The standard InChI is InChI=1S/C20H26N4O3S2/c1-4-14(5-2)19(27)24-20-23-17(11-29-20)10-28-12-18(26)22-16-8-6-15(7-9-16)21-13(3)25/h6-9,11,14H,4-5,10,12H2,1-3H3,(H,21,25)(H,22,26)(H,23,24,27). The quantitative estimate of drug-likeness (QED) is 0.516. The number of nitrogens with one attached hydrogen (secondary N) is 3. The lowest BCUT2D eigenvalue weighted by atomic mass is 10.0. The minimum absolute atomic E-state index is 0.00690. The van der Waals surface area contributed by atoms with Crippen LogP contribution in [0.3, 0.4) is 0 Å². The van der Waals surface area contributed by atoms with Crippen molar-refractivity contribution < 1.29 is 14.4 Å². The zero-order valence-electron chi connectivity index (χ0n) is 16.8. The lowest BCUT2D eigenvalue weighted by Gasteiger charge is -2.10. The van der Waals surface area contributed by atoms with Crippen molar-refractivity contribution in [2.24, 2.45) is 5.92 Å². The smallest absolute Gasteiger partial charge is 0.234 e. The van der Waals surface area contributed by atoms with Crippen LogP contribution in [0.25, 0.3) is 0 Å². The van der Waals surface area contributed by atoms with Crippen LogP contribution in [0.1, 0.15) is 39.3 Å². The van der Waals surface area contributed by atoms with E-state index >= 15 is 0 Å². The van der Waals surface area contributed by atoms with E-state index in [0.29, 0.717) is 28.0 Å². The van der Waals surface area contributed by atoms with E-state index in [1.165, 1.54) is 30.0 Å². The molecule has 0 aliphatic rings. The Morgan fingerprint density at radius 3 is 2.24 bits per heavy atom. The van der Waals surface area contributed by atoms with E-state index in [2.05, 4.69) is 20.9 Å². The third-order valence-electron chi connectivity index (χ3n) is 4.11. The first-order valence-electron chi connectivity index (χ1n) is 9.41. The number of rotatable bonds is 10. The first-order valence-corrected chi connectivity index (χ1v) is 11.4. The zero-order valence-corrected chi connectivity index (χ0v) is 18.4. The van der Waals surface area contributed by atoms with Crippen molar-refractivity contribution in [3.8, 4) is 0 Å². The zero-order chi connectivity index (χ0) is 21.2. The van der Waals surface area contributed by atoms with Gasteiger partial charge in [-0.25, -0.2) is 4.98 Å². The van der Waals surface area contributed by atoms with E-state index in [9.17, 15) is 14.4 Å². The summed E-state index contributed by atoms with van der Waals surface area (Å²) in [4.78, 5) is 39.6. The summed E-state index contributed by atoms with van der Waals surface area (Å²) >= 11 is 2.85. The van der Waals surface area contributed by atoms with E-state index < -0.39 is 0 Å². The Morgan fingerprint density at radius 2 is 1.66 bits per heavy atom. The van der Waals surface area contributed by atoms with Crippen LogP contribution in [0, 0.1) is 5.92 Å². The third-order valence-corrected chi connectivity index (χ3v) is 5.88. The highest BCUT2D eigenvalue weighted by Crippen LogP contribution is 2.21. The van der Waals surface area contributed by atoms with Crippen LogP contribution >= 0.6 is 23.1 Å². The van der Waals surface area contributed by atoms with Gasteiger partial charge in [0, 0.05) is 35.3 Å². The van der Waals surface area contributed by atoms with Gasteiger partial charge in [-0.15, -0.1) is 23.1 Å². The normalized spacial score (nSPS) is 10.6. The second kappa shape index (κ2) is 11.6. The maximum atomic E-state index is 12.1. The summed E-state index contributed by atoms with van der Waals surface area (Å²) in [6.45, 7) is 5.44. The van der Waals surface area contributed by atoms with Gasteiger partial charge in [0.2, 0.25) is 17.7 Å². The highest BCUT2D eigenvalue weighted by molar-refractivity contribution is 7.99. The van der Waals surface area contributed by atoms with Crippen LogP contribution < -0.4 is 16.0 Å². The molecule has 1 aromatic heterocycles. The lowest BCUT2D eigenvalue weighted by Crippen LogP contribution is -2.21. The molecular formula is C20H26N4O3S2. The minimum atomic E-state index is -0.140. The number of nitrogens with zero attached hydrogens (tertiary/aromatic N) is 1. The molecule has 0 fully saturated rings. The number of hydrogen-bond donors (Lipinski definition) is 3. The molecule has 1 aromatic carbocycles. The topological polar surface area (TPSA) is 100 Å². The van der Waals surface area contributed by atoms with E-state index in [4.69, 9.17) is 0 Å². The van der Waals surface area contributed by atoms with Crippen LogP contribution in [0.4, 0.5) is 16.5 Å². The monoisotopic (exact) mass is 434 g/mol. The van der Waals surface area contributed by atoms with E-state index in [0.717, 1.165) is 18.5 Å². The number of amides is 3. The number of thiazole rings is 1. The molecule has 2 aromatic rings. The summed E-state index contributed by atoms with van der Waals surface area (Å²) in [5.41, 5.74) is 2.19. The van der Waals surface area contributed by atoms with Crippen molar-refractivity contribution in [3.05, 3.63) is 35.3 Å². The van der Waals surface area contributed by atoms with Gasteiger partial charge in [-0.05, 0) is 37.1 Å². The summed E-state index contributed by atoms with van der Waals surface area (Å²) in [6.07, 6.45) is 1.61. The Morgan fingerprint density at radius 1 is 1.03 bits per heavy atom. The first kappa shape index (κ1) is 22.9. The highest BCUT2D eigenvalue weighted by Gasteiger charge is 2.15. The van der Waals surface area contributed by atoms with Gasteiger partial charge in [0.25, 0.3) is 0 Å². The summed E-state index contributed by atoms with van der Waals surface area (Å²) in [5, 5.41) is 10.9. The molecule has 9 heteroatoms. The average Bonchev–Trinajstić information content (AvgIpc) is 3.11. The molecule has 29 heavy (non-hydrogen) atoms. The summed E-state index contributed by atoms with van der Waals surface area (Å²) in [6, 6.07) is 6.94. The summed E-state index contributed by atoms with van der Waals surface area (Å²) in [7, 11) is 0. The van der Waals surface area contributed by atoms with Crippen molar-refractivity contribution in [1.82, 2.24) is 4.98 Å². The van der Waals surface area contributed by atoms with Gasteiger partial charge in [-0.3, -0.25) is 14.4 Å². The third kappa shape index (κ3) is 7.86. The molecule has 0 saturated carbocycles. The number of anilines is 3. The molecule has 7 nitrogen and oxygen atoms in total. The molecule has 0 aliphatic carbocycles. The van der Waals surface area contributed by atoms with Crippen LogP contribution in [-0.4, -0.2) is 28.5 Å². The molecule has 0 aliphatic heterocycles. The SMILES string of the molecule is CCC(CC)C(=O)Nc1nc(CSCC(=O)Nc2ccc(NC(C)=O)cc2)cs1. The van der Waals surface area contributed by atoms with Gasteiger partial charge < -0.3 is 16.0 Å². The Balaban J connectivity index is 1.74. The van der Waals surface area contributed by atoms with E-state index in [-0.39, 0.29) is 23.6 Å². The number of thioether (sulfide) groups is 1. The Hall–Kier alpha value is -2.39. The maximum absolute atomic E-state index is 12.1. The number of aromatic nitrogens is 1. The summed E-state index contributed by atoms with van der Waals surface area (Å²) in [5.74, 6) is 0.644. The van der Waals surface area contributed by atoms with E-state index in [1.807, 2.05) is 19.2 Å². The number of hydrogen-bond acceptors (Lipinski definition) is 6. The van der Waals surface area contributed by atoms with Crippen molar-refractivity contribution in [1.29, 1.82) is 0 Å². The van der Waals surface area contributed by atoms with Crippen molar-refractivity contribution in [2.45, 2.75) is 39.4 Å². The molecule has 0 saturated heterocycles. The Kier molecular flexibility index (Phi) is 9.14. The van der Waals surface area contributed by atoms with Crippen molar-refractivity contribution in [2.75, 3.05) is 21.7 Å². The molecular weight excluding hydrogens is 408 g/mol. The van der Waals surface area contributed by atoms with Crippen LogP contribution in [-0.2, 0) is 20.1 Å². The molecule has 3 amide bonds. The predicted octanol–water partition coefficient (Wildman–Crippen LogP) is 4.35. The molecule has 2 rings (SSSR count). The fourth-order valence-electron chi connectivity index (χ4n) is 2.58. The predicted molar refractivity (Wildman–Crippen MR) is 120 cm³/mol. The highest BCUT2D eigenvalue weighted by atomic mass is 32.2. The van der Waals surface area contributed by atoms with Gasteiger partial charge in [-0.1, -0.05) is 13.8 Å². The lowest BCUT2D eigenvalue weighted by molar-refractivity contribution is -0.120. The van der Waals surface area contributed by atoms with Gasteiger partial charge >= 0.3 is 0 Å². The second-order valence-corrected chi connectivity index (χ2v) is 8.29. The molecule has 1 heterocycles. The fourth-order valence-corrected chi connectivity index (χ4v) is 4.12. The molecule has 0 unspecified atom stereocenters. The van der Waals surface area contributed by atoms with E-state index in [1.54, 1.807) is 24.3 Å². The van der Waals surface area contributed by atoms with Gasteiger partial charge in [0.05, 0.1) is 11.4 Å². The number of benzene rings is 1. The summed E-state index contributed by atoms with van der Waals surface area (Å²) < 4.78 is 0. The Labute approximate surface area is 179 Å². The fraction of sp³-hybridized carbons (Fsp3) is 0.400. The van der Waals surface area contributed by atoms with Gasteiger partial charge in [-0.2, -0.15) is 0 Å². The van der Waals surface area contributed by atoms with Crippen molar-refractivity contribution in [3.63, 3.8) is 0 Å². The first-order chi connectivity index (χ1) is 13.9. The molecule has 0 radical (unpaired) electrons. The van der Waals surface area contributed by atoms with Crippen LogP contribution in [0.15, 0.2) is 29.6 Å². The Bertz CT molecular complexity index is 833.